The molecule has 2 aliphatic rings. The summed E-state index contributed by atoms with van der Waals surface area (Å²) in [5, 5.41) is 2.78. The van der Waals surface area contributed by atoms with Gasteiger partial charge in [0.1, 0.15) is 12.1 Å². The van der Waals surface area contributed by atoms with E-state index in [-0.39, 0.29) is 18.4 Å². The van der Waals surface area contributed by atoms with Crippen LogP contribution in [0.25, 0.3) is 0 Å². The summed E-state index contributed by atoms with van der Waals surface area (Å²) < 4.78 is 0. The fraction of sp³-hybridized carbons (Fsp3) is 0.571. The molecule has 0 saturated carbocycles. The lowest BCUT2D eigenvalue weighted by Crippen LogP contribution is -2.47. The van der Waals surface area contributed by atoms with Crippen LogP contribution in [0.5, 0.6) is 0 Å². The smallest absolute Gasteiger partial charge is 0.325 e. The molecule has 2 heterocycles. The third kappa shape index (κ3) is 4.19. The second-order valence-corrected chi connectivity index (χ2v) is 7.61. The molecule has 152 valence electrons. The largest absolute Gasteiger partial charge is 0.340 e. The van der Waals surface area contributed by atoms with Crippen molar-refractivity contribution in [3.8, 4) is 0 Å². The molecule has 0 aliphatic carbocycles. The van der Waals surface area contributed by atoms with E-state index in [0.29, 0.717) is 25.9 Å². The molecule has 0 bridgehead atoms. The lowest BCUT2D eigenvalue weighted by atomic mass is 9.93. The van der Waals surface area contributed by atoms with Gasteiger partial charge in [-0.2, -0.15) is 0 Å². The van der Waals surface area contributed by atoms with Gasteiger partial charge in [0.2, 0.25) is 5.91 Å². The van der Waals surface area contributed by atoms with Crippen molar-refractivity contribution in [1.82, 2.24) is 20.0 Å². The molecule has 0 atom stereocenters. The monoisotopic (exact) mass is 386 g/mol. The van der Waals surface area contributed by atoms with E-state index in [0.717, 1.165) is 31.0 Å². The Hall–Kier alpha value is -2.41. The first kappa shape index (κ1) is 20.3. The number of nitrogens with one attached hydrogen (secondary N) is 1. The Kier molecular flexibility index (Phi) is 6.34. The number of imide groups is 1. The number of rotatable bonds is 6. The van der Waals surface area contributed by atoms with Crippen LogP contribution in [0, 0.1) is 0 Å². The Morgan fingerprint density at radius 2 is 1.75 bits per heavy atom. The van der Waals surface area contributed by atoms with Crippen LogP contribution < -0.4 is 5.32 Å². The molecule has 1 N–H and O–H groups in total. The Morgan fingerprint density at radius 3 is 2.39 bits per heavy atom. The molecule has 1 aromatic rings. The molecule has 2 saturated heterocycles. The van der Waals surface area contributed by atoms with Crippen LogP contribution >= 0.6 is 0 Å². The van der Waals surface area contributed by atoms with Crippen molar-refractivity contribution in [3.63, 3.8) is 0 Å². The molecule has 7 nitrogen and oxygen atoms in total. The summed E-state index contributed by atoms with van der Waals surface area (Å²) in [6.45, 7) is 7.43. The van der Waals surface area contributed by atoms with Gasteiger partial charge in [-0.1, -0.05) is 44.2 Å². The highest BCUT2D eigenvalue weighted by Crippen LogP contribution is 2.25. The van der Waals surface area contributed by atoms with E-state index in [9.17, 15) is 14.4 Å². The molecular formula is C21H30N4O3. The van der Waals surface area contributed by atoms with Gasteiger partial charge in [0, 0.05) is 32.7 Å². The summed E-state index contributed by atoms with van der Waals surface area (Å²) in [7, 11) is 0. The normalized spacial score (nSPS) is 20.2. The highest BCUT2D eigenvalue weighted by Gasteiger charge is 2.49. The van der Waals surface area contributed by atoms with Crippen molar-refractivity contribution < 1.29 is 14.4 Å². The summed E-state index contributed by atoms with van der Waals surface area (Å²) >= 11 is 0. The molecule has 1 aromatic carbocycles. The highest BCUT2D eigenvalue weighted by atomic mass is 16.2. The van der Waals surface area contributed by atoms with Gasteiger partial charge >= 0.3 is 6.03 Å². The minimum atomic E-state index is -0.858. The van der Waals surface area contributed by atoms with Gasteiger partial charge in [-0.05, 0) is 24.8 Å². The van der Waals surface area contributed by atoms with Crippen LogP contribution in [0.4, 0.5) is 4.79 Å². The Bertz CT molecular complexity index is 718. The van der Waals surface area contributed by atoms with Crippen LogP contribution in [0.15, 0.2) is 30.3 Å². The topological polar surface area (TPSA) is 73.0 Å². The fourth-order valence-electron chi connectivity index (χ4n) is 4.00. The van der Waals surface area contributed by atoms with Crippen LogP contribution in [-0.2, 0) is 16.1 Å². The van der Waals surface area contributed by atoms with Crippen molar-refractivity contribution >= 4 is 17.8 Å². The van der Waals surface area contributed by atoms with Crippen molar-refractivity contribution in [2.45, 2.75) is 45.2 Å². The van der Waals surface area contributed by atoms with Gasteiger partial charge in [-0.3, -0.25) is 19.4 Å². The van der Waals surface area contributed by atoms with E-state index in [1.807, 2.05) is 32.0 Å². The van der Waals surface area contributed by atoms with E-state index in [1.54, 1.807) is 4.90 Å². The van der Waals surface area contributed by atoms with Crippen molar-refractivity contribution in [2.24, 2.45) is 0 Å². The van der Waals surface area contributed by atoms with Crippen LogP contribution in [0.3, 0.4) is 0 Å². The Morgan fingerprint density at radius 1 is 1.04 bits per heavy atom. The van der Waals surface area contributed by atoms with Crippen LogP contribution in [0.2, 0.25) is 0 Å². The maximum atomic E-state index is 12.8. The van der Waals surface area contributed by atoms with Gasteiger partial charge in [0.25, 0.3) is 5.91 Å². The first-order valence-electron chi connectivity index (χ1n) is 10.2. The lowest BCUT2D eigenvalue weighted by molar-refractivity contribution is -0.139. The molecule has 0 radical (unpaired) electrons. The third-order valence-electron chi connectivity index (χ3n) is 5.94. The molecule has 7 heteroatoms. The van der Waals surface area contributed by atoms with Crippen LogP contribution in [0.1, 0.15) is 38.7 Å². The van der Waals surface area contributed by atoms with E-state index < -0.39 is 11.6 Å². The van der Waals surface area contributed by atoms with Gasteiger partial charge in [0.15, 0.2) is 0 Å². The molecule has 2 fully saturated rings. The number of hydrogen-bond donors (Lipinski definition) is 1. The summed E-state index contributed by atoms with van der Waals surface area (Å²) in [6, 6.07) is 9.84. The van der Waals surface area contributed by atoms with Crippen molar-refractivity contribution in [3.05, 3.63) is 35.9 Å². The van der Waals surface area contributed by atoms with Crippen molar-refractivity contribution in [2.75, 3.05) is 32.7 Å². The quantitative estimate of drug-likeness (QED) is 0.757. The zero-order valence-corrected chi connectivity index (χ0v) is 16.8. The second kappa shape index (κ2) is 8.73. The highest BCUT2D eigenvalue weighted by molar-refractivity contribution is 6.08. The molecule has 28 heavy (non-hydrogen) atoms. The predicted molar refractivity (Wildman–Crippen MR) is 106 cm³/mol. The zero-order valence-electron chi connectivity index (χ0n) is 16.8. The first-order chi connectivity index (χ1) is 13.5. The zero-order chi connectivity index (χ0) is 20.1. The minimum Gasteiger partial charge on any atom is -0.340 e. The minimum absolute atomic E-state index is 0.159. The molecule has 0 aromatic heterocycles. The van der Waals surface area contributed by atoms with Crippen LogP contribution in [-0.4, -0.2) is 70.8 Å². The number of carbonyl (C=O) groups excluding carboxylic acids is 3. The maximum absolute atomic E-state index is 12.8. The molecule has 3 rings (SSSR count). The van der Waals surface area contributed by atoms with E-state index in [1.165, 1.54) is 5.56 Å². The number of nitrogens with zero attached hydrogens (tertiary/aromatic N) is 3. The number of hydrogen-bond acceptors (Lipinski definition) is 4. The lowest BCUT2D eigenvalue weighted by Gasteiger charge is -2.25. The molecule has 0 spiro atoms. The fourth-order valence-corrected chi connectivity index (χ4v) is 4.00. The number of amides is 4. The van der Waals surface area contributed by atoms with Gasteiger partial charge in [-0.15, -0.1) is 0 Å². The maximum Gasteiger partial charge on any atom is 0.325 e. The molecule has 4 amide bonds. The molecule has 0 unspecified atom stereocenters. The summed E-state index contributed by atoms with van der Waals surface area (Å²) in [6.07, 6.45) is 1.93. The Balaban J connectivity index is 1.56. The molecular weight excluding hydrogens is 356 g/mol. The third-order valence-corrected chi connectivity index (χ3v) is 5.94. The average Bonchev–Trinajstić information content (AvgIpc) is 2.85. The second-order valence-electron chi connectivity index (χ2n) is 7.61. The number of urea groups is 1. The van der Waals surface area contributed by atoms with Crippen molar-refractivity contribution in [1.29, 1.82) is 0 Å². The van der Waals surface area contributed by atoms with E-state index in [4.69, 9.17) is 0 Å². The summed E-state index contributed by atoms with van der Waals surface area (Å²) in [5.74, 6) is -0.440. The van der Waals surface area contributed by atoms with Gasteiger partial charge < -0.3 is 10.2 Å². The first-order valence-corrected chi connectivity index (χ1v) is 10.2. The van der Waals surface area contributed by atoms with E-state index in [2.05, 4.69) is 22.3 Å². The summed E-state index contributed by atoms with van der Waals surface area (Å²) in [5.41, 5.74) is 0.403. The Labute approximate surface area is 166 Å². The average molecular weight is 386 g/mol. The standard InChI is InChI=1S/C21H30N4O3/c1-3-21(4-2)19(27)25(20(28)22-21)16-18(26)24-12-8-11-23(13-14-24)15-17-9-6-5-7-10-17/h5-7,9-10H,3-4,8,11-16H2,1-2H3,(H,22,28). The number of benzene rings is 1. The summed E-state index contributed by atoms with van der Waals surface area (Å²) in [4.78, 5) is 43.0. The predicted octanol–water partition coefficient (Wildman–Crippen LogP) is 1.83. The van der Waals surface area contributed by atoms with E-state index >= 15 is 0 Å². The van der Waals surface area contributed by atoms with Gasteiger partial charge in [0.05, 0.1) is 0 Å². The van der Waals surface area contributed by atoms with Gasteiger partial charge in [-0.25, -0.2) is 4.79 Å². The number of carbonyl (C=O) groups is 3. The molecule has 2 aliphatic heterocycles. The SMILES string of the molecule is CCC1(CC)NC(=O)N(CC(=O)N2CCCN(Cc3ccccc3)CC2)C1=O.